The quantitative estimate of drug-likeness (QED) is 0.0865. The van der Waals surface area contributed by atoms with E-state index < -0.39 is 64.1 Å². The summed E-state index contributed by atoms with van der Waals surface area (Å²) in [7, 11) is 1.43. The number of hydrogen-bond donors (Lipinski definition) is 3. The van der Waals surface area contributed by atoms with Gasteiger partial charge < -0.3 is 30.6 Å². The number of piperazine rings is 1. The first-order valence-corrected chi connectivity index (χ1v) is 18.0. The molecule has 3 unspecified atom stereocenters. The van der Waals surface area contributed by atoms with Gasteiger partial charge in [-0.05, 0) is 55.4 Å². The summed E-state index contributed by atoms with van der Waals surface area (Å²) in [6, 6.07) is 2.99. The van der Waals surface area contributed by atoms with E-state index in [4.69, 9.17) is 10.5 Å². The van der Waals surface area contributed by atoms with E-state index in [0.717, 1.165) is 0 Å². The molecule has 2 aliphatic heterocycles. The number of hydrogen-bond acceptors (Lipinski definition) is 8. The van der Waals surface area contributed by atoms with Crippen molar-refractivity contribution in [3.05, 3.63) is 92.9 Å². The normalized spacial score (nSPS) is 18.0. The Balaban J connectivity index is 1.42. The molecule has 0 spiro atoms. The fourth-order valence-electron chi connectivity index (χ4n) is 6.37. The van der Waals surface area contributed by atoms with E-state index in [2.05, 4.69) is 21.8 Å². The van der Waals surface area contributed by atoms with E-state index in [9.17, 15) is 41.1 Å². The maximum absolute atomic E-state index is 14.6. The highest BCUT2D eigenvalue weighted by Crippen LogP contribution is 2.37. The van der Waals surface area contributed by atoms with Crippen molar-refractivity contribution in [2.24, 2.45) is 11.7 Å². The van der Waals surface area contributed by atoms with Crippen molar-refractivity contribution in [2.45, 2.75) is 63.7 Å². The minimum atomic E-state index is -3.43. The molecule has 3 atom stereocenters. The smallest absolute Gasteiger partial charge is 0.336 e. The molecule has 2 fully saturated rings. The lowest BCUT2D eigenvalue weighted by Crippen LogP contribution is -2.50. The van der Waals surface area contributed by atoms with Crippen molar-refractivity contribution < 1.29 is 41.1 Å². The molecule has 2 aromatic rings. The average Bonchev–Trinajstić information content (AvgIpc) is 3.10. The van der Waals surface area contributed by atoms with Gasteiger partial charge in [0.15, 0.2) is 11.6 Å². The first-order chi connectivity index (χ1) is 25.0. The van der Waals surface area contributed by atoms with Gasteiger partial charge in [0.1, 0.15) is 18.0 Å². The fourth-order valence-corrected chi connectivity index (χ4v) is 6.52. The second-order valence-corrected chi connectivity index (χ2v) is 14.1. The van der Waals surface area contributed by atoms with Gasteiger partial charge in [0.25, 0.3) is 17.1 Å². The SMILES string of the molecule is C=C(N1CCN(C(=O)CC(N)Cc2cc(F)c(F)cc2F)C/C1=C(\C(=O)OCCN1CCC(NC(=O)c2ccc[nH]c2=O)CC1)C(C)CC)C(F)(F)P. The van der Waals surface area contributed by atoms with Crippen LogP contribution in [0.3, 0.4) is 0 Å². The van der Waals surface area contributed by atoms with Crippen LogP contribution < -0.4 is 16.6 Å². The van der Waals surface area contributed by atoms with Crippen LogP contribution in [-0.4, -0.2) is 101 Å². The number of H-pyrrole nitrogens is 1. The van der Waals surface area contributed by atoms with Crippen molar-refractivity contribution in [3.63, 3.8) is 0 Å². The molecule has 0 radical (unpaired) electrons. The predicted octanol–water partition coefficient (Wildman–Crippen LogP) is 3.92. The van der Waals surface area contributed by atoms with E-state index >= 15 is 0 Å². The van der Waals surface area contributed by atoms with E-state index in [0.29, 0.717) is 51.0 Å². The molecule has 1 aromatic heterocycles. The monoisotopic (exact) mass is 768 g/mol. The van der Waals surface area contributed by atoms with Crippen LogP contribution in [0.4, 0.5) is 22.0 Å². The summed E-state index contributed by atoms with van der Waals surface area (Å²) in [4.78, 5) is 58.8. The molecule has 1 aromatic carbocycles. The van der Waals surface area contributed by atoms with Crippen LogP contribution in [0.5, 0.6) is 0 Å². The van der Waals surface area contributed by atoms with Gasteiger partial charge in [0, 0.05) is 69.2 Å². The number of carbonyl (C=O) groups is 3. The minimum absolute atomic E-state index is 0.0127. The number of piperidine rings is 1. The standard InChI is InChI=1S/C36H46F5N6O5P/c1-4-21(2)32(35(51)52-15-14-45-10-7-25(8-11-45)44-34(50)26-6-5-9-43-33(26)49)30-20-46(12-13-47(30)22(3)36(40,41)53)31(48)18-24(42)16-23-17-28(38)29(39)19-27(23)37/h5-6,9,17,19,21,24-25H,3-4,7-8,10-16,18,20,42,53H2,1-2H3,(H,43,49)(H,44,50)/b32-30+. The molecule has 17 heteroatoms. The molecule has 3 heterocycles. The number of ether oxygens (including phenoxy) is 1. The van der Waals surface area contributed by atoms with E-state index in [1.54, 1.807) is 13.0 Å². The Morgan fingerprint density at radius 3 is 2.43 bits per heavy atom. The van der Waals surface area contributed by atoms with Crippen LogP contribution in [0.1, 0.15) is 55.5 Å². The van der Waals surface area contributed by atoms with Crippen LogP contribution in [0.25, 0.3) is 0 Å². The topological polar surface area (TPSA) is 141 Å². The second kappa shape index (κ2) is 18.3. The summed E-state index contributed by atoms with van der Waals surface area (Å²) in [5.74, 6) is -5.76. The summed E-state index contributed by atoms with van der Waals surface area (Å²) >= 11 is 0. The number of benzene rings is 1. The number of halogens is 5. The van der Waals surface area contributed by atoms with Gasteiger partial charge in [0.2, 0.25) is 5.91 Å². The molecule has 0 aliphatic carbocycles. The molecule has 53 heavy (non-hydrogen) atoms. The summed E-state index contributed by atoms with van der Waals surface area (Å²) in [5.41, 5.74) is 1.70. The molecule has 0 saturated carbocycles. The number of esters is 1. The highest BCUT2D eigenvalue weighted by atomic mass is 31.0. The van der Waals surface area contributed by atoms with Crippen LogP contribution in [0.2, 0.25) is 0 Å². The van der Waals surface area contributed by atoms with Crippen molar-refractivity contribution in [1.82, 2.24) is 25.0 Å². The average molecular weight is 769 g/mol. The van der Waals surface area contributed by atoms with Gasteiger partial charge in [0.05, 0.1) is 17.8 Å². The number of alkyl halides is 2. The molecule has 2 saturated heterocycles. The Morgan fingerprint density at radius 2 is 1.79 bits per heavy atom. The van der Waals surface area contributed by atoms with E-state index in [-0.39, 0.29) is 67.5 Å². The maximum Gasteiger partial charge on any atom is 0.336 e. The number of likely N-dealkylation sites (tertiary alicyclic amines) is 1. The van der Waals surface area contributed by atoms with Crippen LogP contribution in [-0.2, 0) is 20.7 Å². The Morgan fingerprint density at radius 1 is 1.11 bits per heavy atom. The summed E-state index contributed by atoms with van der Waals surface area (Å²) in [6.45, 7) is 8.31. The first kappa shape index (κ1) is 41.6. The summed E-state index contributed by atoms with van der Waals surface area (Å²) < 4.78 is 76.3. The molecule has 4 N–H and O–H groups in total. The first-order valence-electron chi connectivity index (χ1n) is 17.4. The third-order valence-corrected chi connectivity index (χ3v) is 9.93. The molecular weight excluding hydrogens is 722 g/mol. The zero-order valence-corrected chi connectivity index (χ0v) is 30.9. The maximum atomic E-state index is 14.6. The van der Waals surface area contributed by atoms with Gasteiger partial charge in [-0.15, -0.1) is 0 Å². The number of carbonyl (C=O) groups excluding carboxylic acids is 3. The third-order valence-electron chi connectivity index (χ3n) is 9.59. The lowest BCUT2D eigenvalue weighted by atomic mass is 9.94. The number of pyridine rings is 1. The zero-order valence-electron chi connectivity index (χ0n) is 29.7. The number of nitrogens with zero attached hydrogens (tertiary/aromatic N) is 3. The van der Waals surface area contributed by atoms with Crippen molar-refractivity contribution in [1.29, 1.82) is 0 Å². The highest BCUT2D eigenvalue weighted by Gasteiger charge is 2.39. The van der Waals surface area contributed by atoms with Crippen molar-refractivity contribution in [2.75, 3.05) is 45.9 Å². The van der Waals surface area contributed by atoms with Crippen LogP contribution in [0.15, 0.2) is 58.8 Å². The lowest BCUT2D eigenvalue weighted by molar-refractivity contribution is -0.141. The number of nitrogens with two attached hydrogens (primary N) is 1. The van der Waals surface area contributed by atoms with E-state index in [1.165, 1.54) is 31.3 Å². The van der Waals surface area contributed by atoms with Gasteiger partial charge in [-0.2, -0.15) is 8.78 Å². The number of aromatic nitrogens is 1. The van der Waals surface area contributed by atoms with Gasteiger partial charge >= 0.3 is 5.97 Å². The Labute approximate surface area is 307 Å². The van der Waals surface area contributed by atoms with Crippen molar-refractivity contribution in [3.8, 4) is 0 Å². The van der Waals surface area contributed by atoms with Gasteiger partial charge in [-0.1, -0.05) is 29.7 Å². The molecule has 11 nitrogen and oxygen atoms in total. The Kier molecular flexibility index (Phi) is 14.3. The summed E-state index contributed by atoms with van der Waals surface area (Å²) in [6.07, 6.45) is 2.52. The Bertz CT molecular complexity index is 1760. The van der Waals surface area contributed by atoms with Gasteiger partial charge in [-0.25, -0.2) is 18.0 Å². The number of amides is 2. The molecule has 290 valence electrons. The lowest BCUT2D eigenvalue weighted by Gasteiger charge is -2.42. The predicted molar refractivity (Wildman–Crippen MR) is 191 cm³/mol. The van der Waals surface area contributed by atoms with Crippen LogP contribution in [0, 0.1) is 23.4 Å². The second-order valence-electron chi connectivity index (χ2n) is 13.4. The van der Waals surface area contributed by atoms with Crippen LogP contribution >= 0.6 is 9.24 Å². The summed E-state index contributed by atoms with van der Waals surface area (Å²) in [5, 5.41) is 2.88. The highest BCUT2D eigenvalue weighted by molar-refractivity contribution is 7.18. The third kappa shape index (κ3) is 11.0. The molecule has 2 amide bonds. The Hall–Kier alpha value is -4.14. The van der Waals surface area contributed by atoms with Gasteiger partial charge in [-0.3, -0.25) is 19.3 Å². The molecule has 0 bridgehead atoms. The molecule has 2 aliphatic rings. The number of rotatable bonds is 14. The molecule has 4 rings (SSSR count). The molecular formula is C36H46F5N6O5P. The zero-order chi connectivity index (χ0) is 39.0. The largest absolute Gasteiger partial charge is 0.461 e. The number of aromatic amines is 1. The van der Waals surface area contributed by atoms with Crippen molar-refractivity contribution >= 4 is 27.0 Å². The fraction of sp³-hybridized carbons (Fsp3) is 0.500. The van der Waals surface area contributed by atoms with E-state index in [1.807, 2.05) is 6.92 Å². The minimum Gasteiger partial charge on any atom is -0.461 e. The number of allylic oxidation sites excluding steroid dienone is 1. The number of nitrogens with one attached hydrogen (secondary N) is 2.